The maximum absolute atomic E-state index is 13.3. The number of nitrogens with one attached hydrogen (secondary N) is 1. The van der Waals surface area contributed by atoms with Gasteiger partial charge in [-0.05, 0) is 36.6 Å². The van der Waals surface area contributed by atoms with E-state index in [-0.39, 0.29) is 5.41 Å². The topological polar surface area (TPSA) is 29.1 Å². The molecule has 0 amide bonds. The lowest BCUT2D eigenvalue weighted by molar-refractivity contribution is 0.0720. The molecule has 0 radical (unpaired) electrons. The fourth-order valence-electron chi connectivity index (χ4n) is 3.68. The van der Waals surface area contributed by atoms with Crippen molar-refractivity contribution >= 4 is 16.6 Å². The van der Waals surface area contributed by atoms with Crippen LogP contribution in [0.2, 0.25) is 0 Å². The molecule has 1 saturated heterocycles. The van der Waals surface area contributed by atoms with E-state index in [4.69, 9.17) is 0 Å². The third-order valence-electron chi connectivity index (χ3n) is 4.72. The highest BCUT2D eigenvalue weighted by Gasteiger charge is 2.39. The second-order valence-corrected chi connectivity index (χ2v) is 6.17. The fourth-order valence-corrected chi connectivity index (χ4v) is 3.68. The maximum atomic E-state index is 13.3. The van der Waals surface area contributed by atoms with Gasteiger partial charge in [0.1, 0.15) is 0 Å². The zero-order valence-electron chi connectivity index (χ0n) is 12.7. The van der Waals surface area contributed by atoms with E-state index >= 15 is 0 Å². The minimum absolute atomic E-state index is 0.211. The van der Waals surface area contributed by atoms with Gasteiger partial charge in [0.2, 0.25) is 0 Å². The predicted molar refractivity (Wildman–Crippen MR) is 87.7 cm³/mol. The first-order valence-electron chi connectivity index (χ1n) is 8.00. The Morgan fingerprint density at radius 1 is 1.19 bits per heavy atom. The summed E-state index contributed by atoms with van der Waals surface area (Å²) in [6.07, 6.45) is 4.13. The van der Waals surface area contributed by atoms with E-state index < -0.39 is 0 Å². The van der Waals surface area contributed by atoms with Gasteiger partial charge < -0.3 is 5.32 Å². The monoisotopic (exact) mass is 281 g/mol. The molecule has 2 aromatic rings. The highest BCUT2D eigenvalue weighted by atomic mass is 16.1. The van der Waals surface area contributed by atoms with Gasteiger partial charge in [0, 0.05) is 17.5 Å². The highest BCUT2D eigenvalue weighted by Crippen LogP contribution is 2.37. The van der Waals surface area contributed by atoms with Gasteiger partial charge in [0.25, 0.3) is 0 Å². The number of carbonyl (C=O) groups excluding carboxylic acids is 1. The summed E-state index contributed by atoms with van der Waals surface area (Å²) < 4.78 is 0. The molecule has 110 valence electrons. The van der Waals surface area contributed by atoms with Crippen LogP contribution in [0.5, 0.6) is 0 Å². The second-order valence-electron chi connectivity index (χ2n) is 6.17. The maximum Gasteiger partial charge on any atom is 0.170 e. The lowest BCUT2D eigenvalue weighted by Crippen LogP contribution is -2.45. The van der Waals surface area contributed by atoms with E-state index in [1.165, 1.54) is 0 Å². The van der Waals surface area contributed by atoms with Crippen LogP contribution in [-0.2, 0) is 0 Å². The van der Waals surface area contributed by atoms with Gasteiger partial charge in [0.05, 0.1) is 0 Å². The number of Topliss-reactive ketones (excluding diaryl/α,β-unsaturated/α-hetero) is 1. The van der Waals surface area contributed by atoms with Gasteiger partial charge in [-0.2, -0.15) is 0 Å². The molecule has 3 rings (SSSR count). The molecule has 0 spiro atoms. The molecule has 0 aliphatic carbocycles. The molecular weight excluding hydrogens is 258 g/mol. The molecule has 2 aromatic carbocycles. The van der Waals surface area contributed by atoms with E-state index in [0.29, 0.717) is 5.78 Å². The smallest absolute Gasteiger partial charge is 0.170 e. The molecular formula is C19H23NO. The van der Waals surface area contributed by atoms with E-state index in [0.717, 1.165) is 55.1 Å². The third kappa shape index (κ3) is 2.60. The number of ketones is 1. The van der Waals surface area contributed by atoms with Crippen molar-refractivity contribution in [2.45, 2.75) is 32.6 Å². The van der Waals surface area contributed by atoms with Crippen LogP contribution in [0.3, 0.4) is 0 Å². The molecule has 1 heterocycles. The van der Waals surface area contributed by atoms with Crippen LogP contribution in [0, 0.1) is 5.41 Å². The summed E-state index contributed by atoms with van der Waals surface area (Å²) in [5, 5.41) is 5.68. The molecule has 2 nitrogen and oxygen atoms in total. The van der Waals surface area contributed by atoms with Crippen LogP contribution in [0.4, 0.5) is 0 Å². The lowest BCUT2D eigenvalue weighted by atomic mass is 9.71. The molecule has 1 N–H and O–H groups in total. The largest absolute Gasteiger partial charge is 0.316 e. The number of carbonyl (C=O) groups is 1. The first-order valence-corrected chi connectivity index (χ1v) is 8.00. The average molecular weight is 281 g/mol. The summed E-state index contributed by atoms with van der Waals surface area (Å²) in [5.74, 6) is 0.327. The minimum Gasteiger partial charge on any atom is -0.316 e. The van der Waals surface area contributed by atoms with Crippen LogP contribution in [0.25, 0.3) is 10.8 Å². The Kier molecular flexibility index (Phi) is 4.07. The van der Waals surface area contributed by atoms with Crippen molar-refractivity contribution in [1.29, 1.82) is 0 Å². The Labute approximate surface area is 126 Å². The van der Waals surface area contributed by atoms with Gasteiger partial charge in [-0.3, -0.25) is 4.79 Å². The van der Waals surface area contributed by atoms with Crippen molar-refractivity contribution in [2.24, 2.45) is 5.41 Å². The van der Waals surface area contributed by atoms with Crippen molar-refractivity contribution in [3.63, 3.8) is 0 Å². The zero-order valence-corrected chi connectivity index (χ0v) is 12.7. The highest BCUT2D eigenvalue weighted by molar-refractivity contribution is 6.10. The van der Waals surface area contributed by atoms with Crippen molar-refractivity contribution in [3.8, 4) is 0 Å². The third-order valence-corrected chi connectivity index (χ3v) is 4.72. The number of benzene rings is 2. The molecule has 2 heteroatoms. The van der Waals surface area contributed by atoms with Crippen molar-refractivity contribution in [3.05, 3.63) is 48.0 Å². The fraction of sp³-hybridized carbons (Fsp3) is 0.421. The van der Waals surface area contributed by atoms with Crippen LogP contribution in [0.15, 0.2) is 42.5 Å². The Morgan fingerprint density at radius 3 is 2.76 bits per heavy atom. The molecule has 0 aromatic heterocycles. The molecule has 1 aliphatic heterocycles. The summed E-state index contributed by atoms with van der Waals surface area (Å²) >= 11 is 0. The molecule has 1 unspecified atom stereocenters. The van der Waals surface area contributed by atoms with Gasteiger partial charge >= 0.3 is 0 Å². The number of piperidine rings is 1. The second kappa shape index (κ2) is 5.98. The predicted octanol–water partition coefficient (Wildman–Crippen LogP) is 4.19. The minimum atomic E-state index is -0.211. The lowest BCUT2D eigenvalue weighted by Gasteiger charge is -2.36. The Balaban J connectivity index is 2.06. The van der Waals surface area contributed by atoms with Gasteiger partial charge in [-0.15, -0.1) is 0 Å². The average Bonchev–Trinajstić information content (AvgIpc) is 2.55. The van der Waals surface area contributed by atoms with Crippen molar-refractivity contribution in [1.82, 2.24) is 5.32 Å². The Morgan fingerprint density at radius 2 is 2.00 bits per heavy atom. The molecule has 1 fully saturated rings. The Bertz CT molecular complexity index is 630. The number of fused-ring (bicyclic) bond motifs is 1. The number of hydrogen-bond donors (Lipinski definition) is 1. The van der Waals surface area contributed by atoms with Crippen LogP contribution >= 0.6 is 0 Å². The quantitative estimate of drug-likeness (QED) is 0.851. The SMILES string of the molecule is CCCC1(C(=O)c2cccc3ccccc23)CCCNC1. The normalized spacial score (nSPS) is 22.3. The number of rotatable bonds is 4. The van der Waals surface area contributed by atoms with E-state index in [2.05, 4.69) is 30.4 Å². The summed E-state index contributed by atoms with van der Waals surface area (Å²) in [6, 6.07) is 14.3. The van der Waals surface area contributed by atoms with Crippen molar-refractivity contribution in [2.75, 3.05) is 13.1 Å². The molecule has 0 saturated carbocycles. The molecule has 1 aliphatic rings. The molecule has 21 heavy (non-hydrogen) atoms. The first-order chi connectivity index (χ1) is 10.3. The summed E-state index contributed by atoms with van der Waals surface area (Å²) in [4.78, 5) is 13.3. The van der Waals surface area contributed by atoms with Crippen LogP contribution < -0.4 is 5.32 Å². The standard InChI is InChI=1S/C19H23NO/c1-2-11-19(12-6-13-20-14-19)18(21)17-10-5-8-15-7-3-4-9-16(15)17/h3-5,7-10,20H,2,6,11-14H2,1H3. The zero-order chi connectivity index (χ0) is 14.7. The summed E-state index contributed by atoms with van der Waals surface area (Å²) in [7, 11) is 0. The van der Waals surface area contributed by atoms with Crippen LogP contribution in [-0.4, -0.2) is 18.9 Å². The van der Waals surface area contributed by atoms with E-state index in [9.17, 15) is 4.79 Å². The number of hydrogen-bond acceptors (Lipinski definition) is 2. The summed E-state index contributed by atoms with van der Waals surface area (Å²) in [5.41, 5.74) is 0.683. The Hall–Kier alpha value is -1.67. The van der Waals surface area contributed by atoms with Crippen LogP contribution in [0.1, 0.15) is 43.0 Å². The van der Waals surface area contributed by atoms with Gasteiger partial charge in [-0.25, -0.2) is 0 Å². The molecule has 0 bridgehead atoms. The van der Waals surface area contributed by atoms with Crippen molar-refractivity contribution < 1.29 is 4.79 Å². The first kappa shape index (κ1) is 14.3. The summed E-state index contributed by atoms with van der Waals surface area (Å²) in [6.45, 7) is 4.03. The van der Waals surface area contributed by atoms with E-state index in [1.807, 2.05) is 24.3 Å². The molecule has 1 atom stereocenters. The van der Waals surface area contributed by atoms with Gasteiger partial charge in [0.15, 0.2) is 5.78 Å². The van der Waals surface area contributed by atoms with Gasteiger partial charge in [-0.1, -0.05) is 55.8 Å². The van der Waals surface area contributed by atoms with E-state index in [1.54, 1.807) is 0 Å².